The predicted molar refractivity (Wildman–Crippen MR) is 143 cm³/mol. The van der Waals surface area contributed by atoms with E-state index in [1.807, 2.05) is 18.2 Å². The maximum Gasteiger partial charge on any atom is 0.150 e. The van der Waals surface area contributed by atoms with Crippen LogP contribution in [0, 0.1) is 12.3 Å². The first kappa shape index (κ1) is 22.5. The fourth-order valence-corrected chi connectivity index (χ4v) is 3.71. The molecule has 0 atom stereocenters. The Morgan fingerprint density at radius 2 is 1.25 bits per heavy atom. The highest BCUT2D eigenvalue weighted by atomic mass is 16.5. The first-order valence-electron chi connectivity index (χ1n) is 11.1. The van der Waals surface area contributed by atoms with Gasteiger partial charge in [-0.25, -0.2) is 0 Å². The van der Waals surface area contributed by atoms with Gasteiger partial charge in [0.1, 0.15) is 28.7 Å². The zero-order valence-electron chi connectivity index (χ0n) is 19.1. The number of phenolic OH excluding ortho intramolecular Hbond substituents is 2. The molecule has 0 radical (unpaired) electrons. The maximum atomic E-state index is 9.87. The van der Waals surface area contributed by atoms with Crippen LogP contribution in [0.3, 0.4) is 0 Å². The van der Waals surface area contributed by atoms with Gasteiger partial charge in [-0.1, -0.05) is 36.3 Å². The normalized spacial score (nSPS) is 10.6. The number of fused-ring (bicyclic) bond motifs is 2. The van der Waals surface area contributed by atoms with Crippen molar-refractivity contribution in [1.82, 2.24) is 0 Å². The average Bonchev–Trinajstić information content (AvgIpc) is 3.48. The average molecular weight is 475 g/mol. The molecule has 0 unspecified atom stereocenters. The Morgan fingerprint density at radius 1 is 0.639 bits per heavy atom. The van der Waals surface area contributed by atoms with Crippen molar-refractivity contribution in [2.24, 2.45) is 0 Å². The smallest absolute Gasteiger partial charge is 0.150 e. The number of benzene rings is 5. The molecule has 6 nitrogen and oxygen atoms in total. The second-order valence-corrected chi connectivity index (χ2v) is 8.16. The molecule has 36 heavy (non-hydrogen) atoms. The van der Waals surface area contributed by atoms with Crippen LogP contribution in [0.4, 0.5) is 11.4 Å². The van der Waals surface area contributed by atoms with E-state index >= 15 is 0 Å². The number of nitrogens with two attached hydrogens (primary N) is 2. The van der Waals surface area contributed by atoms with E-state index in [1.165, 1.54) is 23.3 Å². The second kappa shape index (κ2) is 9.16. The van der Waals surface area contributed by atoms with Gasteiger partial charge < -0.3 is 31.2 Å². The van der Waals surface area contributed by atoms with Crippen LogP contribution >= 0.6 is 0 Å². The number of ether oxygens (including phenoxy) is 2. The van der Waals surface area contributed by atoms with Crippen LogP contribution in [0.15, 0.2) is 91.0 Å². The van der Waals surface area contributed by atoms with Gasteiger partial charge in [0.2, 0.25) is 0 Å². The highest BCUT2D eigenvalue weighted by Gasteiger charge is 2.14. The number of rotatable bonds is 4. The summed E-state index contributed by atoms with van der Waals surface area (Å²) in [5.74, 6) is 4.29. The first-order chi connectivity index (χ1) is 17.4. The number of hydrogen-bond acceptors (Lipinski definition) is 6. The topological polar surface area (TPSA) is 111 Å². The Kier molecular flexibility index (Phi) is 5.73. The molecule has 0 spiro atoms. The van der Waals surface area contributed by atoms with E-state index in [9.17, 15) is 10.2 Å². The van der Waals surface area contributed by atoms with Crippen LogP contribution in [0.1, 0.15) is 5.56 Å². The third-order valence-corrected chi connectivity index (χ3v) is 5.69. The molecule has 0 fully saturated rings. The number of terminal acetylenes is 1. The molecule has 176 valence electrons. The van der Waals surface area contributed by atoms with Gasteiger partial charge in [-0.15, -0.1) is 6.42 Å². The molecule has 0 saturated carbocycles. The SMILES string of the molecule is C#Cc1ccc2c(Oc3ccc(N)c(O)c3)cccc2c1Oc1ccc(N)c(O)c1.c1cc2cc-2c1. The van der Waals surface area contributed by atoms with E-state index < -0.39 is 0 Å². The molecular weight excluding hydrogens is 452 g/mol. The van der Waals surface area contributed by atoms with Crippen molar-refractivity contribution in [1.29, 1.82) is 0 Å². The van der Waals surface area contributed by atoms with Gasteiger partial charge in [-0.2, -0.15) is 0 Å². The molecule has 6 rings (SSSR count). The molecular formula is C30H22N2O4. The van der Waals surface area contributed by atoms with Crippen LogP contribution in [0.25, 0.3) is 21.9 Å². The van der Waals surface area contributed by atoms with Gasteiger partial charge in [-0.3, -0.25) is 0 Å². The lowest BCUT2D eigenvalue weighted by molar-refractivity contribution is 0.456. The van der Waals surface area contributed by atoms with Gasteiger partial charge in [-0.05, 0) is 59.7 Å². The summed E-state index contributed by atoms with van der Waals surface area (Å²) >= 11 is 0. The molecule has 2 aliphatic carbocycles. The van der Waals surface area contributed by atoms with Crippen molar-refractivity contribution in [2.75, 3.05) is 11.5 Å². The Balaban J connectivity index is 0.000000382. The molecule has 6 N–H and O–H groups in total. The van der Waals surface area contributed by atoms with Gasteiger partial charge in [0, 0.05) is 22.9 Å². The summed E-state index contributed by atoms with van der Waals surface area (Å²) < 4.78 is 12.0. The Hall–Kier alpha value is -5.28. The molecule has 0 saturated heterocycles. The lowest BCUT2D eigenvalue weighted by atomic mass is 10.0. The molecule has 4 aromatic carbocycles. The molecule has 6 heteroatoms. The monoisotopic (exact) mass is 474 g/mol. The molecule has 0 aliphatic heterocycles. The van der Waals surface area contributed by atoms with Crippen molar-refractivity contribution in [3.63, 3.8) is 0 Å². The van der Waals surface area contributed by atoms with E-state index in [-0.39, 0.29) is 22.9 Å². The number of hydrogen-bond donors (Lipinski definition) is 4. The van der Waals surface area contributed by atoms with Gasteiger partial charge in [0.05, 0.1) is 16.9 Å². The highest BCUT2D eigenvalue weighted by Crippen LogP contribution is 2.40. The first-order valence-corrected chi connectivity index (χ1v) is 11.1. The lowest BCUT2D eigenvalue weighted by Crippen LogP contribution is -1.93. The molecule has 2 aliphatic rings. The maximum absolute atomic E-state index is 9.87. The van der Waals surface area contributed by atoms with E-state index in [2.05, 4.69) is 30.2 Å². The standard InChI is InChI=1S/C24H18N2O4.C6H4/c1-2-14-6-9-17-18(24(14)30-16-8-11-20(26)22(28)13-16)4-3-5-23(17)29-15-7-10-19(25)21(27)12-15;1-2-5-4-6(5)3-1/h1,3-13,27-28H,25-26H2;1-4H. The number of anilines is 2. The molecule has 0 aromatic heterocycles. The summed E-state index contributed by atoms with van der Waals surface area (Å²) in [6.07, 6.45) is 5.67. The third-order valence-electron chi connectivity index (χ3n) is 5.69. The Labute approximate surface area is 208 Å². The van der Waals surface area contributed by atoms with Crippen molar-refractivity contribution < 1.29 is 19.7 Å². The summed E-state index contributed by atoms with van der Waals surface area (Å²) in [6.45, 7) is 0. The van der Waals surface area contributed by atoms with E-state index in [1.54, 1.807) is 36.4 Å². The minimum atomic E-state index is -0.0813. The zero-order chi connectivity index (χ0) is 25.2. The Bertz CT molecular complexity index is 1640. The molecule has 4 aromatic rings. The third kappa shape index (κ3) is 4.54. The lowest BCUT2D eigenvalue weighted by Gasteiger charge is -2.15. The van der Waals surface area contributed by atoms with E-state index in [0.717, 1.165) is 10.8 Å². The van der Waals surface area contributed by atoms with Crippen molar-refractivity contribution in [2.45, 2.75) is 0 Å². The van der Waals surface area contributed by atoms with Gasteiger partial charge in [0.15, 0.2) is 5.75 Å². The number of aromatic hydroxyl groups is 2. The van der Waals surface area contributed by atoms with Crippen LogP contribution in [0.5, 0.6) is 34.5 Å². The second-order valence-electron chi connectivity index (χ2n) is 8.16. The summed E-state index contributed by atoms with van der Waals surface area (Å²) in [4.78, 5) is 0. The van der Waals surface area contributed by atoms with Crippen LogP contribution in [-0.4, -0.2) is 10.2 Å². The van der Waals surface area contributed by atoms with Crippen LogP contribution in [-0.2, 0) is 0 Å². The predicted octanol–water partition coefficient (Wildman–Crippen LogP) is 6.65. The summed E-state index contributed by atoms with van der Waals surface area (Å²) in [6, 6.07) is 26.8. The molecule has 0 heterocycles. The fraction of sp³-hybridized carbons (Fsp3) is 0. The minimum absolute atomic E-state index is 0.0606. The van der Waals surface area contributed by atoms with Crippen LogP contribution < -0.4 is 20.9 Å². The fourth-order valence-electron chi connectivity index (χ4n) is 3.71. The Morgan fingerprint density at radius 3 is 1.78 bits per heavy atom. The van der Waals surface area contributed by atoms with Crippen molar-refractivity contribution in [3.05, 3.63) is 96.6 Å². The van der Waals surface area contributed by atoms with Gasteiger partial charge >= 0.3 is 0 Å². The largest absolute Gasteiger partial charge is 0.506 e. The van der Waals surface area contributed by atoms with Crippen molar-refractivity contribution in [3.8, 4) is 58.0 Å². The quantitative estimate of drug-likeness (QED) is 0.129. The van der Waals surface area contributed by atoms with Crippen molar-refractivity contribution >= 4 is 22.1 Å². The van der Waals surface area contributed by atoms with E-state index in [4.69, 9.17) is 27.4 Å². The summed E-state index contributed by atoms with van der Waals surface area (Å²) in [5.41, 5.74) is 15.2. The molecule has 0 amide bonds. The zero-order valence-corrected chi connectivity index (χ0v) is 19.1. The summed E-state index contributed by atoms with van der Waals surface area (Å²) in [7, 11) is 0. The number of phenols is 2. The minimum Gasteiger partial charge on any atom is -0.506 e. The van der Waals surface area contributed by atoms with E-state index in [0.29, 0.717) is 28.6 Å². The van der Waals surface area contributed by atoms with Crippen LogP contribution in [0.2, 0.25) is 0 Å². The molecule has 0 bridgehead atoms. The van der Waals surface area contributed by atoms with Gasteiger partial charge in [0.25, 0.3) is 0 Å². The number of nitrogen functional groups attached to an aromatic ring is 2. The highest BCUT2D eigenvalue weighted by molar-refractivity contribution is 5.95. The summed E-state index contributed by atoms with van der Waals surface area (Å²) in [5, 5.41) is 21.2.